The molecule has 2 aromatic heterocycles. The second-order valence-electron chi connectivity index (χ2n) is 5.86. The Hall–Kier alpha value is -1.29. The highest BCUT2D eigenvalue weighted by Gasteiger charge is 2.19. The number of aryl methyl sites for hydroxylation is 1. The number of anilines is 1. The van der Waals surface area contributed by atoms with Crippen molar-refractivity contribution in [3.63, 3.8) is 0 Å². The molecule has 1 fully saturated rings. The zero-order valence-corrected chi connectivity index (χ0v) is 13.1. The van der Waals surface area contributed by atoms with E-state index in [1.165, 1.54) is 35.4 Å². The molecule has 4 heteroatoms. The monoisotopic (exact) mass is 289 g/mol. The van der Waals surface area contributed by atoms with Gasteiger partial charge in [-0.3, -0.25) is 0 Å². The molecule has 20 heavy (non-hydrogen) atoms. The molecule has 0 spiro atoms. The topological polar surface area (TPSA) is 29.9 Å². The molecule has 2 heterocycles. The molecule has 0 radical (unpaired) electrons. The highest BCUT2D eigenvalue weighted by Crippen LogP contribution is 2.31. The summed E-state index contributed by atoms with van der Waals surface area (Å²) >= 11 is 1.89. The van der Waals surface area contributed by atoms with Gasteiger partial charge in [-0.05, 0) is 38.8 Å². The van der Waals surface area contributed by atoms with Gasteiger partial charge >= 0.3 is 0 Å². The van der Waals surface area contributed by atoms with Crippen molar-refractivity contribution < 1.29 is 0 Å². The van der Waals surface area contributed by atoms with Gasteiger partial charge in [-0.25, -0.2) is 4.98 Å². The second-order valence-corrected chi connectivity index (χ2v) is 7.23. The number of hydrogen-bond donors (Lipinski definition) is 1. The van der Waals surface area contributed by atoms with E-state index in [2.05, 4.69) is 47.0 Å². The lowest BCUT2D eigenvalue weighted by molar-refractivity contribution is 0.520. The van der Waals surface area contributed by atoms with E-state index in [1.807, 2.05) is 17.5 Å². The van der Waals surface area contributed by atoms with Crippen molar-refractivity contribution in [2.24, 2.45) is 0 Å². The molecule has 2 aromatic rings. The van der Waals surface area contributed by atoms with Crippen molar-refractivity contribution in [1.29, 1.82) is 0 Å². The predicted molar refractivity (Wildman–Crippen MR) is 85.6 cm³/mol. The van der Waals surface area contributed by atoms with Gasteiger partial charge < -0.3 is 9.88 Å². The zero-order valence-electron chi connectivity index (χ0n) is 12.3. The molecule has 0 amide bonds. The number of aromatic nitrogens is 2. The minimum Gasteiger partial charge on any atom is -0.353 e. The third-order valence-corrected chi connectivity index (χ3v) is 5.09. The molecule has 1 N–H and O–H groups in total. The van der Waals surface area contributed by atoms with Crippen LogP contribution in [-0.2, 0) is 6.42 Å². The van der Waals surface area contributed by atoms with Gasteiger partial charge in [0.05, 0.1) is 0 Å². The van der Waals surface area contributed by atoms with Gasteiger partial charge in [-0.15, -0.1) is 11.3 Å². The molecule has 3 rings (SSSR count). The van der Waals surface area contributed by atoms with Gasteiger partial charge in [0.1, 0.15) is 0 Å². The van der Waals surface area contributed by atoms with Crippen molar-refractivity contribution in [3.8, 4) is 0 Å². The van der Waals surface area contributed by atoms with Crippen LogP contribution in [0.2, 0.25) is 0 Å². The maximum atomic E-state index is 4.50. The normalized spacial score (nSPS) is 17.5. The van der Waals surface area contributed by atoms with Gasteiger partial charge in [-0.2, -0.15) is 0 Å². The van der Waals surface area contributed by atoms with Gasteiger partial charge in [0.15, 0.2) is 0 Å². The molecule has 0 bridgehead atoms. The molecular formula is C16H23N3S. The van der Waals surface area contributed by atoms with Crippen LogP contribution >= 0.6 is 11.3 Å². The minimum atomic E-state index is 0.413. The summed E-state index contributed by atoms with van der Waals surface area (Å²) in [5.74, 6) is 1.04. The largest absolute Gasteiger partial charge is 0.353 e. The fourth-order valence-electron chi connectivity index (χ4n) is 3.07. The Balaban J connectivity index is 1.63. The number of rotatable bonds is 5. The second kappa shape index (κ2) is 6.00. The summed E-state index contributed by atoms with van der Waals surface area (Å²) in [6.07, 6.45) is 10.4. The van der Waals surface area contributed by atoms with Crippen molar-refractivity contribution in [2.45, 2.75) is 58.0 Å². The molecule has 1 unspecified atom stereocenters. The SMILES string of the molecule is Cc1ccc(CC(C)Nc2nccn2C2CCCC2)s1. The van der Waals surface area contributed by atoms with Crippen LogP contribution in [0.4, 0.5) is 5.95 Å². The summed E-state index contributed by atoms with van der Waals surface area (Å²) in [6, 6.07) is 5.50. The Bertz CT molecular complexity index is 552. The van der Waals surface area contributed by atoms with E-state index >= 15 is 0 Å². The Labute approximate surface area is 125 Å². The predicted octanol–water partition coefficient (Wildman–Crippen LogP) is 4.41. The van der Waals surface area contributed by atoms with Gasteiger partial charge in [0, 0.05) is 40.7 Å². The van der Waals surface area contributed by atoms with E-state index in [9.17, 15) is 0 Å². The van der Waals surface area contributed by atoms with E-state index in [1.54, 1.807) is 0 Å². The standard InChI is InChI=1S/C16H23N3S/c1-12(11-15-8-7-13(2)20-15)18-16-17-9-10-19(16)14-5-3-4-6-14/h7-10,12,14H,3-6,11H2,1-2H3,(H,17,18). The molecule has 0 saturated heterocycles. The van der Waals surface area contributed by atoms with Crippen molar-refractivity contribution in [2.75, 3.05) is 5.32 Å². The summed E-state index contributed by atoms with van der Waals surface area (Å²) in [5.41, 5.74) is 0. The van der Waals surface area contributed by atoms with Gasteiger partial charge in [-0.1, -0.05) is 12.8 Å². The summed E-state index contributed by atoms with van der Waals surface area (Å²) in [6.45, 7) is 4.40. The molecule has 3 nitrogen and oxygen atoms in total. The van der Waals surface area contributed by atoms with Crippen LogP contribution in [0.5, 0.6) is 0 Å². The number of thiophene rings is 1. The number of nitrogens with one attached hydrogen (secondary N) is 1. The quantitative estimate of drug-likeness (QED) is 0.883. The minimum absolute atomic E-state index is 0.413. The third-order valence-electron chi connectivity index (χ3n) is 4.07. The number of nitrogens with zero attached hydrogens (tertiary/aromatic N) is 2. The summed E-state index contributed by atoms with van der Waals surface area (Å²) in [4.78, 5) is 7.34. The average molecular weight is 289 g/mol. The molecule has 1 atom stereocenters. The highest BCUT2D eigenvalue weighted by molar-refractivity contribution is 7.11. The van der Waals surface area contributed by atoms with Crippen LogP contribution in [0.15, 0.2) is 24.5 Å². The summed E-state index contributed by atoms with van der Waals surface area (Å²) in [5, 5.41) is 3.58. The van der Waals surface area contributed by atoms with Gasteiger partial charge in [0.2, 0.25) is 5.95 Å². The first-order valence-corrected chi connectivity index (χ1v) is 8.38. The van der Waals surface area contributed by atoms with Crippen molar-refractivity contribution >= 4 is 17.3 Å². The Kier molecular flexibility index (Phi) is 4.10. The lowest BCUT2D eigenvalue weighted by Gasteiger charge is -2.19. The first-order chi connectivity index (χ1) is 9.72. The maximum Gasteiger partial charge on any atom is 0.203 e. The first-order valence-electron chi connectivity index (χ1n) is 7.57. The lowest BCUT2D eigenvalue weighted by Crippen LogP contribution is -2.21. The van der Waals surface area contributed by atoms with Crippen LogP contribution < -0.4 is 5.32 Å². The Morgan fingerprint density at radius 3 is 2.90 bits per heavy atom. The third kappa shape index (κ3) is 3.06. The van der Waals surface area contributed by atoms with Crippen LogP contribution in [0.1, 0.15) is 48.4 Å². The van der Waals surface area contributed by atoms with Gasteiger partial charge in [0.25, 0.3) is 0 Å². The Morgan fingerprint density at radius 2 is 2.20 bits per heavy atom. The molecule has 0 aliphatic heterocycles. The lowest BCUT2D eigenvalue weighted by atomic mass is 10.2. The summed E-state index contributed by atoms with van der Waals surface area (Å²) in [7, 11) is 0. The average Bonchev–Trinajstić information content (AvgIpc) is 3.10. The van der Waals surface area contributed by atoms with Crippen LogP contribution in [-0.4, -0.2) is 15.6 Å². The van der Waals surface area contributed by atoms with E-state index in [4.69, 9.17) is 0 Å². The van der Waals surface area contributed by atoms with Crippen LogP contribution in [0.25, 0.3) is 0 Å². The van der Waals surface area contributed by atoms with E-state index < -0.39 is 0 Å². The molecule has 1 saturated carbocycles. The maximum absolute atomic E-state index is 4.50. The first kappa shape index (κ1) is 13.7. The fraction of sp³-hybridized carbons (Fsp3) is 0.562. The van der Waals surface area contributed by atoms with Crippen molar-refractivity contribution in [3.05, 3.63) is 34.3 Å². The molecule has 0 aromatic carbocycles. The zero-order chi connectivity index (χ0) is 13.9. The molecule has 108 valence electrons. The van der Waals surface area contributed by atoms with E-state index in [-0.39, 0.29) is 0 Å². The van der Waals surface area contributed by atoms with E-state index in [0.717, 1.165) is 12.4 Å². The molecule has 1 aliphatic rings. The fourth-order valence-corrected chi connectivity index (χ4v) is 4.09. The van der Waals surface area contributed by atoms with Crippen LogP contribution in [0.3, 0.4) is 0 Å². The smallest absolute Gasteiger partial charge is 0.203 e. The highest BCUT2D eigenvalue weighted by atomic mass is 32.1. The van der Waals surface area contributed by atoms with Crippen LogP contribution in [0, 0.1) is 6.92 Å². The molecular weight excluding hydrogens is 266 g/mol. The molecule has 1 aliphatic carbocycles. The summed E-state index contributed by atoms with van der Waals surface area (Å²) < 4.78 is 2.34. The van der Waals surface area contributed by atoms with Crippen molar-refractivity contribution in [1.82, 2.24) is 9.55 Å². The number of imidazole rings is 1. The van der Waals surface area contributed by atoms with E-state index in [0.29, 0.717) is 12.1 Å². The Morgan fingerprint density at radius 1 is 1.40 bits per heavy atom. The number of hydrogen-bond acceptors (Lipinski definition) is 3.